The largest absolute Gasteiger partial charge is 0.418 e. The molecule has 5 nitrogen and oxygen atoms in total. The van der Waals surface area contributed by atoms with Gasteiger partial charge < -0.3 is 5.32 Å². The SMILES string of the molecule is C=CCNS(=O)(=O)c1cc(C(=O)Nc2ccccc2C(F)(F)F)ccc1F. The van der Waals surface area contributed by atoms with Crippen molar-refractivity contribution in [3.8, 4) is 0 Å². The summed E-state index contributed by atoms with van der Waals surface area (Å²) in [4.78, 5) is 11.5. The number of amides is 1. The van der Waals surface area contributed by atoms with Crippen LogP contribution in [0.15, 0.2) is 60.0 Å². The van der Waals surface area contributed by atoms with Crippen molar-refractivity contribution in [2.24, 2.45) is 0 Å². The summed E-state index contributed by atoms with van der Waals surface area (Å²) in [5.41, 5.74) is -1.90. The molecule has 0 bridgehead atoms. The van der Waals surface area contributed by atoms with Gasteiger partial charge in [0, 0.05) is 12.1 Å². The molecule has 0 unspecified atom stereocenters. The summed E-state index contributed by atoms with van der Waals surface area (Å²) in [6.45, 7) is 3.15. The topological polar surface area (TPSA) is 75.3 Å². The van der Waals surface area contributed by atoms with Crippen LogP contribution in [-0.4, -0.2) is 20.9 Å². The summed E-state index contributed by atoms with van der Waals surface area (Å²) in [6.07, 6.45) is -3.46. The highest BCUT2D eigenvalue weighted by Crippen LogP contribution is 2.34. The third-order valence-electron chi connectivity index (χ3n) is 3.38. The molecule has 2 N–H and O–H groups in total. The maximum Gasteiger partial charge on any atom is 0.418 e. The Morgan fingerprint density at radius 3 is 2.44 bits per heavy atom. The predicted molar refractivity (Wildman–Crippen MR) is 91.2 cm³/mol. The number of anilines is 1. The van der Waals surface area contributed by atoms with E-state index in [2.05, 4.69) is 11.9 Å². The van der Waals surface area contributed by atoms with Crippen LogP contribution < -0.4 is 10.0 Å². The summed E-state index contributed by atoms with van der Waals surface area (Å²) >= 11 is 0. The number of benzene rings is 2. The number of rotatable bonds is 6. The molecule has 27 heavy (non-hydrogen) atoms. The molecule has 144 valence electrons. The second-order valence-corrected chi connectivity index (χ2v) is 7.02. The van der Waals surface area contributed by atoms with Gasteiger partial charge in [0.1, 0.15) is 10.7 Å². The first-order valence-corrected chi connectivity index (χ1v) is 8.92. The van der Waals surface area contributed by atoms with Gasteiger partial charge in [0.05, 0.1) is 11.3 Å². The zero-order valence-corrected chi connectivity index (χ0v) is 14.5. The van der Waals surface area contributed by atoms with E-state index in [4.69, 9.17) is 0 Å². The smallest absolute Gasteiger partial charge is 0.321 e. The normalized spacial score (nSPS) is 11.9. The Morgan fingerprint density at radius 2 is 1.81 bits per heavy atom. The Morgan fingerprint density at radius 1 is 1.15 bits per heavy atom. The number of nitrogens with one attached hydrogen (secondary N) is 2. The average molecular weight is 402 g/mol. The van der Waals surface area contributed by atoms with E-state index < -0.39 is 44.1 Å². The summed E-state index contributed by atoms with van der Waals surface area (Å²) in [6, 6.07) is 6.74. The van der Waals surface area contributed by atoms with E-state index in [0.29, 0.717) is 0 Å². The van der Waals surface area contributed by atoms with Gasteiger partial charge in [0.15, 0.2) is 0 Å². The highest BCUT2D eigenvalue weighted by molar-refractivity contribution is 7.89. The standard InChI is InChI=1S/C17H14F4N2O3S/c1-2-9-22-27(25,26)15-10-11(7-8-13(15)18)16(24)23-14-6-4-3-5-12(14)17(19,20)21/h2-8,10,22H,1,9H2,(H,23,24). The fourth-order valence-electron chi connectivity index (χ4n) is 2.13. The van der Waals surface area contributed by atoms with Crippen molar-refractivity contribution < 1.29 is 30.8 Å². The third kappa shape index (κ3) is 4.92. The van der Waals surface area contributed by atoms with Crippen molar-refractivity contribution in [2.45, 2.75) is 11.1 Å². The summed E-state index contributed by atoms with van der Waals surface area (Å²) in [5, 5.41) is 2.06. The van der Waals surface area contributed by atoms with Crippen LogP contribution in [0.3, 0.4) is 0 Å². The van der Waals surface area contributed by atoms with Crippen LogP contribution in [-0.2, 0) is 16.2 Å². The van der Waals surface area contributed by atoms with Crippen LogP contribution in [0.4, 0.5) is 23.2 Å². The van der Waals surface area contributed by atoms with Gasteiger partial charge in [-0.25, -0.2) is 17.5 Å². The van der Waals surface area contributed by atoms with Crippen LogP contribution in [0.5, 0.6) is 0 Å². The zero-order valence-electron chi connectivity index (χ0n) is 13.7. The molecular weight excluding hydrogens is 388 g/mol. The molecule has 0 atom stereocenters. The average Bonchev–Trinajstić information content (AvgIpc) is 2.59. The molecule has 2 aromatic carbocycles. The lowest BCUT2D eigenvalue weighted by molar-refractivity contribution is -0.136. The first kappa shape index (κ1) is 20.6. The van der Waals surface area contributed by atoms with Crippen molar-refractivity contribution in [3.63, 3.8) is 0 Å². The van der Waals surface area contributed by atoms with Crippen molar-refractivity contribution in [1.82, 2.24) is 4.72 Å². The van der Waals surface area contributed by atoms with E-state index in [1.807, 2.05) is 4.72 Å². The molecule has 0 aliphatic carbocycles. The second kappa shape index (κ2) is 7.89. The van der Waals surface area contributed by atoms with Gasteiger partial charge in [-0.2, -0.15) is 13.2 Å². The van der Waals surface area contributed by atoms with E-state index in [9.17, 15) is 30.8 Å². The summed E-state index contributed by atoms with van der Waals surface area (Å²) < 4.78 is 79.0. The van der Waals surface area contributed by atoms with Crippen LogP contribution in [0, 0.1) is 5.82 Å². The van der Waals surface area contributed by atoms with E-state index in [-0.39, 0.29) is 12.1 Å². The number of carbonyl (C=O) groups is 1. The minimum absolute atomic E-state index is 0.169. The quantitative estimate of drug-likeness (QED) is 0.573. The molecule has 2 aromatic rings. The van der Waals surface area contributed by atoms with Gasteiger partial charge in [0.25, 0.3) is 5.91 Å². The van der Waals surface area contributed by atoms with Crippen molar-refractivity contribution >= 4 is 21.6 Å². The minimum atomic E-state index is -4.70. The highest BCUT2D eigenvalue weighted by atomic mass is 32.2. The number of carbonyl (C=O) groups excluding carboxylic acids is 1. The molecule has 0 saturated heterocycles. The van der Waals surface area contributed by atoms with Crippen molar-refractivity contribution in [1.29, 1.82) is 0 Å². The molecule has 0 aliphatic rings. The Hall–Kier alpha value is -2.72. The Balaban J connectivity index is 2.37. The van der Waals surface area contributed by atoms with Crippen LogP contribution in [0.2, 0.25) is 0 Å². The van der Waals surface area contributed by atoms with Gasteiger partial charge in [-0.1, -0.05) is 18.2 Å². The van der Waals surface area contributed by atoms with Crippen molar-refractivity contribution in [2.75, 3.05) is 11.9 Å². The molecule has 10 heteroatoms. The van der Waals surface area contributed by atoms with E-state index in [1.54, 1.807) is 0 Å². The monoisotopic (exact) mass is 402 g/mol. The zero-order chi connectivity index (χ0) is 20.2. The number of hydrogen-bond donors (Lipinski definition) is 2. The van der Waals surface area contributed by atoms with E-state index in [1.165, 1.54) is 12.1 Å². The molecule has 2 rings (SSSR count). The number of sulfonamides is 1. The van der Waals surface area contributed by atoms with E-state index in [0.717, 1.165) is 36.4 Å². The Bertz CT molecular complexity index is 972. The predicted octanol–water partition coefficient (Wildman–Crippen LogP) is 3.56. The Kier molecular flexibility index (Phi) is 6.01. The van der Waals surface area contributed by atoms with Gasteiger partial charge in [0.2, 0.25) is 10.0 Å². The first-order chi connectivity index (χ1) is 12.6. The molecule has 0 aliphatic heterocycles. The lowest BCUT2D eigenvalue weighted by Crippen LogP contribution is -2.25. The molecule has 0 saturated carbocycles. The van der Waals surface area contributed by atoms with Crippen LogP contribution in [0.1, 0.15) is 15.9 Å². The van der Waals surface area contributed by atoms with Gasteiger partial charge in [-0.3, -0.25) is 4.79 Å². The molecular formula is C17H14F4N2O3S. The number of halogens is 4. The molecule has 0 aromatic heterocycles. The highest BCUT2D eigenvalue weighted by Gasteiger charge is 2.33. The minimum Gasteiger partial charge on any atom is -0.321 e. The lowest BCUT2D eigenvalue weighted by atomic mass is 10.1. The molecule has 0 heterocycles. The fourth-order valence-corrected chi connectivity index (χ4v) is 3.23. The maximum absolute atomic E-state index is 13.9. The molecule has 0 spiro atoms. The molecule has 1 amide bonds. The molecule has 0 radical (unpaired) electrons. The summed E-state index contributed by atoms with van der Waals surface area (Å²) in [5.74, 6) is -2.13. The van der Waals surface area contributed by atoms with Gasteiger partial charge in [-0.05, 0) is 30.3 Å². The summed E-state index contributed by atoms with van der Waals surface area (Å²) in [7, 11) is -4.27. The second-order valence-electron chi connectivity index (χ2n) is 5.28. The number of alkyl halides is 3. The number of para-hydroxylation sites is 1. The van der Waals surface area contributed by atoms with Crippen LogP contribution >= 0.6 is 0 Å². The molecule has 0 fully saturated rings. The van der Waals surface area contributed by atoms with Crippen LogP contribution in [0.25, 0.3) is 0 Å². The fraction of sp³-hybridized carbons (Fsp3) is 0.118. The first-order valence-electron chi connectivity index (χ1n) is 7.44. The van der Waals surface area contributed by atoms with Crippen molar-refractivity contribution in [3.05, 3.63) is 72.1 Å². The number of hydrogen-bond acceptors (Lipinski definition) is 3. The van der Waals surface area contributed by atoms with E-state index >= 15 is 0 Å². The van der Waals surface area contributed by atoms with Gasteiger partial charge in [-0.15, -0.1) is 6.58 Å². The lowest BCUT2D eigenvalue weighted by Gasteiger charge is -2.14. The maximum atomic E-state index is 13.9. The Labute approximate surface area is 152 Å². The third-order valence-corrected chi connectivity index (χ3v) is 4.82. The van der Waals surface area contributed by atoms with Gasteiger partial charge >= 0.3 is 6.18 Å².